The summed E-state index contributed by atoms with van der Waals surface area (Å²) < 4.78 is 13.6. The van der Waals surface area contributed by atoms with Crippen LogP contribution in [0.4, 0.5) is 4.39 Å². The molecule has 1 aromatic carbocycles. The van der Waals surface area contributed by atoms with Crippen molar-refractivity contribution in [2.45, 2.75) is 18.3 Å². The zero-order valence-corrected chi connectivity index (χ0v) is 9.07. The zero-order chi connectivity index (χ0) is 11.1. The molecule has 0 unspecified atom stereocenters. The topological polar surface area (TPSA) is 29.1 Å². The van der Waals surface area contributed by atoms with Gasteiger partial charge >= 0.3 is 0 Å². The van der Waals surface area contributed by atoms with Crippen LogP contribution in [0.25, 0.3) is 0 Å². The third-order valence-corrected chi connectivity index (χ3v) is 3.09. The molecule has 0 heterocycles. The van der Waals surface area contributed by atoms with Crippen LogP contribution in [-0.2, 0) is 10.2 Å². The molecule has 1 fully saturated rings. The van der Waals surface area contributed by atoms with Gasteiger partial charge in [-0.2, -0.15) is 0 Å². The van der Waals surface area contributed by atoms with Crippen LogP contribution in [0.1, 0.15) is 18.4 Å². The second-order valence-electron chi connectivity index (χ2n) is 3.79. The van der Waals surface area contributed by atoms with Crippen molar-refractivity contribution in [3.63, 3.8) is 0 Å². The third kappa shape index (κ3) is 1.61. The van der Waals surface area contributed by atoms with E-state index in [2.05, 4.69) is 5.32 Å². The third-order valence-electron chi connectivity index (χ3n) is 2.86. The Morgan fingerprint density at radius 1 is 1.53 bits per heavy atom. The fourth-order valence-corrected chi connectivity index (χ4v) is 2.02. The molecule has 1 N–H and O–H groups in total. The van der Waals surface area contributed by atoms with Crippen LogP contribution in [0.3, 0.4) is 0 Å². The van der Waals surface area contributed by atoms with E-state index in [4.69, 9.17) is 11.6 Å². The first-order valence-corrected chi connectivity index (χ1v) is 5.16. The molecule has 0 saturated heterocycles. The molecular formula is C11H11ClFNO. The van der Waals surface area contributed by atoms with Crippen LogP contribution >= 0.6 is 11.6 Å². The van der Waals surface area contributed by atoms with E-state index >= 15 is 0 Å². The minimum Gasteiger partial charge on any atom is -0.358 e. The average Bonchev–Trinajstić information content (AvgIpc) is 2.97. The second-order valence-corrected chi connectivity index (χ2v) is 4.22. The van der Waals surface area contributed by atoms with Gasteiger partial charge in [0.15, 0.2) is 0 Å². The number of rotatable bonds is 2. The number of hydrogen-bond acceptors (Lipinski definition) is 1. The number of nitrogens with one attached hydrogen (secondary N) is 1. The molecule has 0 aliphatic heterocycles. The first kappa shape index (κ1) is 10.4. The van der Waals surface area contributed by atoms with E-state index in [1.54, 1.807) is 19.2 Å². The minimum atomic E-state index is -0.649. The summed E-state index contributed by atoms with van der Waals surface area (Å²) in [5.74, 6) is -0.521. The van der Waals surface area contributed by atoms with Gasteiger partial charge in [-0.1, -0.05) is 17.7 Å². The predicted molar refractivity (Wildman–Crippen MR) is 56.4 cm³/mol. The first-order valence-electron chi connectivity index (χ1n) is 4.78. The minimum absolute atomic E-state index is 0.122. The van der Waals surface area contributed by atoms with Crippen molar-refractivity contribution in [3.05, 3.63) is 34.6 Å². The Balaban J connectivity index is 2.42. The van der Waals surface area contributed by atoms with E-state index in [0.29, 0.717) is 23.4 Å². The Kier molecular flexibility index (Phi) is 2.43. The molecule has 2 nitrogen and oxygen atoms in total. The lowest BCUT2D eigenvalue weighted by atomic mass is 9.94. The average molecular weight is 228 g/mol. The van der Waals surface area contributed by atoms with Crippen molar-refractivity contribution in [3.8, 4) is 0 Å². The predicted octanol–water partition coefficient (Wildman–Crippen LogP) is 2.26. The van der Waals surface area contributed by atoms with Gasteiger partial charge in [0.25, 0.3) is 0 Å². The lowest BCUT2D eigenvalue weighted by Gasteiger charge is -2.14. The molecule has 0 aromatic heterocycles. The Morgan fingerprint density at radius 3 is 2.67 bits per heavy atom. The molecule has 0 spiro atoms. The molecular weight excluding hydrogens is 217 g/mol. The highest BCUT2D eigenvalue weighted by molar-refractivity contribution is 6.30. The summed E-state index contributed by atoms with van der Waals surface area (Å²) in [6, 6.07) is 4.46. The molecule has 0 atom stereocenters. The van der Waals surface area contributed by atoms with Gasteiger partial charge in [-0.25, -0.2) is 4.39 Å². The molecule has 1 aliphatic rings. The number of hydrogen-bond donors (Lipinski definition) is 1. The molecule has 0 radical (unpaired) electrons. The zero-order valence-electron chi connectivity index (χ0n) is 8.31. The molecule has 2 rings (SSSR count). The van der Waals surface area contributed by atoms with Crippen molar-refractivity contribution >= 4 is 17.5 Å². The number of carbonyl (C=O) groups is 1. The molecule has 4 heteroatoms. The highest BCUT2D eigenvalue weighted by atomic mass is 35.5. The highest BCUT2D eigenvalue weighted by Crippen LogP contribution is 2.49. The summed E-state index contributed by atoms with van der Waals surface area (Å²) in [6.07, 6.45) is 1.40. The summed E-state index contributed by atoms with van der Waals surface area (Å²) in [4.78, 5) is 11.6. The Bertz CT molecular complexity index is 415. The lowest BCUT2D eigenvalue weighted by Crippen LogP contribution is -2.32. The van der Waals surface area contributed by atoms with E-state index in [0.717, 1.165) is 0 Å². The van der Waals surface area contributed by atoms with E-state index in [1.807, 2.05) is 0 Å². The Morgan fingerprint density at radius 2 is 2.20 bits per heavy atom. The summed E-state index contributed by atoms with van der Waals surface area (Å²) >= 11 is 5.66. The van der Waals surface area contributed by atoms with Gasteiger partial charge < -0.3 is 5.32 Å². The van der Waals surface area contributed by atoms with Gasteiger partial charge in [0, 0.05) is 17.6 Å². The molecule has 1 amide bonds. The summed E-state index contributed by atoms with van der Waals surface area (Å²) in [6.45, 7) is 0. The Hall–Kier alpha value is -1.09. The number of benzene rings is 1. The van der Waals surface area contributed by atoms with Crippen molar-refractivity contribution in [2.75, 3.05) is 7.05 Å². The number of amides is 1. The molecule has 15 heavy (non-hydrogen) atoms. The van der Waals surface area contributed by atoms with Crippen molar-refractivity contribution in [2.24, 2.45) is 0 Å². The van der Waals surface area contributed by atoms with Crippen molar-refractivity contribution in [1.82, 2.24) is 5.32 Å². The molecule has 1 saturated carbocycles. The quantitative estimate of drug-likeness (QED) is 0.825. The number of carbonyl (C=O) groups excluding carboxylic acids is 1. The van der Waals surface area contributed by atoms with Gasteiger partial charge in [-0.05, 0) is 25.0 Å². The van der Waals surface area contributed by atoms with Gasteiger partial charge in [-0.15, -0.1) is 0 Å². The molecule has 0 bridgehead atoms. The van der Waals surface area contributed by atoms with Crippen LogP contribution in [0.5, 0.6) is 0 Å². The Labute approximate surface area is 92.4 Å². The van der Waals surface area contributed by atoms with Crippen LogP contribution in [-0.4, -0.2) is 13.0 Å². The number of halogens is 2. The van der Waals surface area contributed by atoms with Crippen LogP contribution in [0.2, 0.25) is 5.02 Å². The van der Waals surface area contributed by atoms with Gasteiger partial charge in [-0.3, -0.25) is 4.79 Å². The molecule has 80 valence electrons. The van der Waals surface area contributed by atoms with E-state index < -0.39 is 11.2 Å². The molecule has 1 aliphatic carbocycles. The SMILES string of the molecule is CNC(=O)C1(c2ccc(Cl)cc2F)CC1. The maximum Gasteiger partial charge on any atom is 0.230 e. The lowest BCUT2D eigenvalue weighted by molar-refractivity contribution is -0.123. The van der Waals surface area contributed by atoms with Gasteiger partial charge in [0.05, 0.1) is 5.41 Å². The largest absolute Gasteiger partial charge is 0.358 e. The van der Waals surface area contributed by atoms with E-state index in [1.165, 1.54) is 6.07 Å². The number of likely N-dealkylation sites (N-methyl/N-ethyl adjacent to an activating group) is 1. The van der Waals surface area contributed by atoms with Gasteiger partial charge in [0.2, 0.25) is 5.91 Å². The highest BCUT2D eigenvalue weighted by Gasteiger charge is 2.52. The van der Waals surface area contributed by atoms with E-state index in [9.17, 15) is 9.18 Å². The summed E-state index contributed by atoms with van der Waals surface area (Å²) in [5, 5.41) is 2.92. The molecule has 1 aromatic rings. The first-order chi connectivity index (χ1) is 7.10. The smallest absolute Gasteiger partial charge is 0.230 e. The fraction of sp³-hybridized carbons (Fsp3) is 0.364. The summed E-state index contributed by atoms with van der Waals surface area (Å²) in [5.41, 5.74) is -0.199. The standard InChI is InChI=1S/C11H11ClFNO/c1-14-10(15)11(4-5-11)8-3-2-7(12)6-9(8)13/h2-3,6H,4-5H2,1H3,(H,14,15). The summed E-state index contributed by atoms with van der Waals surface area (Å²) in [7, 11) is 1.57. The van der Waals surface area contributed by atoms with Crippen molar-refractivity contribution in [1.29, 1.82) is 0 Å². The van der Waals surface area contributed by atoms with Crippen LogP contribution in [0, 0.1) is 5.82 Å². The van der Waals surface area contributed by atoms with Crippen LogP contribution < -0.4 is 5.32 Å². The monoisotopic (exact) mass is 227 g/mol. The second kappa shape index (κ2) is 3.49. The maximum atomic E-state index is 13.6. The van der Waals surface area contributed by atoms with E-state index in [-0.39, 0.29) is 5.91 Å². The normalized spacial score (nSPS) is 17.3. The van der Waals surface area contributed by atoms with Crippen LogP contribution in [0.15, 0.2) is 18.2 Å². The maximum absolute atomic E-state index is 13.6. The van der Waals surface area contributed by atoms with Crippen molar-refractivity contribution < 1.29 is 9.18 Å². The van der Waals surface area contributed by atoms with Gasteiger partial charge in [0.1, 0.15) is 5.82 Å². The fourth-order valence-electron chi connectivity index (χ4n) is 1.86.